The van der Waals surface area contributed by atoms with Crippen LogP contribution in [0.2, 0.25) is 0 Å². The van der Waals surface area contributed by atoms with Crippen molar-refractivity contribution in [1.82, 2.24) is 15.1 Å². The molecule has 1 N–H and O–H groups in total. The molecule has 1 fully saturated rings. The molecule has 0 spiro atoms. The molecule has 0 saturated heterocycles. The zero-order valence-corrected chi connectivity index (χ0v) is 14.5. The van der Waals surface area contributed by atoms with Crippen molar-refractivity contribution in [3.8, 4) is 5.88 Å². The average Bonchev–Trinajstić information content (AvgIpc) is 2.91. The highest BCUT2D eigenvalue weighted by Crippen LogP contribution is 2.22. The van der Waals surface area contributed by atoms with Gasteiger partial charge in [0, 0.05) is 12.1 Å². The summed E-state index contributed by atoms with van der Waals surface area (Å²) in [5, 5.41) is 7.30. The molecule has 0 aromatic carbocycles. The van der Waals surface area contributed by atoms with E-state index >= 15 is 0 Å². The van der Waals surface area contributed by atoms with Crippen LogP contribution < -0.4 is 10.1 Å². The molecule has 2 aromatic rings. The SMILES string of the molecule is Cc1noc(C)c1CCCNc1cncc(OC2CCCCC2)n1. The van der Waals surface area contributed by atoms with Crippen molar-refractivity contribution in [3.63, 3.8) is 0 Å². The van der Waals surface area contributed by atoms with Crippen LogP contribution in [0.15, 0.2) is 16.9 Å². The summed E-state index contributed by atoms with van der Waals surface area (Å²) < 4.78 is 11.1. The molecule has 0 atom stereocenters. The number of hydrogen-bond acceptors (Lipinski definition) is 6. The first-order valence-corrected chi connectivity index (χ1v) is 8.86. The summed E-state index contributed by atoms with van der Waals surface area (Å²) in [5.41, 5.74) is 2.19. The second-order valence-electron chi connectivity index (χ2n) is 6.45. The van der Waals surface area contributed by atoms with Crippen molar-refractivity contribution < 1.29 is 9.26 Å². The van der Waals surface area contributed by atoms with Crippen molar-refractivity contribution in [2.45, 2.75) is 64.9 Å². The van der Waals surface area contributed by atoms with Crippen LogP contribution in [-0.4, -0.2) is 27.8 Å². The molecular weight excluding hydrogens is 304 g/mol. The Bertz CT molecular complexity index is 631. The Balaban J connectivity index is 1.46. The van der Waals surface area contributed by atoms with Gasteiger partial charge in [-0.05, 0) is 52.4 Å². The average molecular weight is 330 g/mol. The normalized spacial score (nSPS) is 15.4. The smallest absolute Gasteiger partial charge is 0.234 e. The van der Waals surface area contributed by atoms with E-state index in [1.807, 2.05) is 13.8 Å². The van der Waals surface area contributed by atoms with Gasteiger partial charge in [-0.1, -0.05) is 11.6 Å². The first-order chi connectivity index (χ1) is 11.7. The lowest BCUT2D eigenvalue weighted by atomic mass is 9.98. The summed E-state index contributed by atoms with van der Waals surface area (Å²) >= 11 is 0. The molecule has 24 heavy (non-hydrogen) atoms. The van der Waals surface area contributed by atoms with Gasteiger partial charge in [-0.3, -0.25) is 4.98 Å². The minimum absolute atomic E-state index is 0.294. The van der Waals surface area contributed by atoms with Gasteiger partial charge in [-0.15, -0.1) is 0 Å². The van der Waals surface area contributed by atoms with Gasteiger partial charge in [0.05, 0.1) is 18.1 Å². The number of ether oxygens (including phenoxy) is 1. The van der Waals surface area contributed by atoms with E-state index < -0.39 is 0 Å². The van der Waals surface area contributed by atoms with Crippen LogP contribution in [-0.2, 0) is 6.42 Å². The number of hydrogen-bond donors (Lipinski definition) is 1. The van der Waals surface area contributed by atoms with Gasteiger partial charge in [-0.2, -0.15) is 4.98 Å². The van der Waals surface area contributed by atoms with Crippen LogP contribution in [0.5, 0.6) is 5.88 Å². The van der Waals surface area contributed by atoms with Crippen molar-refractivity contribution in [1.29, 1.82) is 0 Å². The molecule has 3 rings (SSSR count). The quantitative estimate of drug-likeness (QED) is 0.778. The van der Waals surface area contributed by atoms with Gasteiger partial charge in [0.15, 0.2) is 0 Å². The molecule has 2 heterocycles. The monoisotopic (exact) mass is 330 g/mol. The molecule has 0 bridgehead atoms. The number of nitrogens with one attached hydrogen (secondary N) is 1. The van der Waals surface area contributed by atoms with E-state index in [0.717, 1.165) is 49.5 Å². The summed E-state index contributed by atoms with van der Waals surface area (Å²) in [7, 11) is 0. The van der Waals surface area contributed by atoms with Gasteiger partial charge in [0.25, 0.3) is 0 Å². The van der Waals surface area contributed by atoms with Gasteiger partial charge in [0.2, 0.25) is 5.88 Å². The third-order valence-electron chi connectivity index (χ3n) is 4.54. The maximum absolute atomic E-state index is 5.96. The molecular formula is C18H26N4O2. The third-order valence-corrected chi connectivity index (χ3v) is 4.54. The lowest BCUT2D eigenvalue weighted by molar-refractivity contribution is 0.148. The second kappa shape index (κ2) is 8.13. The van der Waals surface area contributed by atoms with Crippen LogP contribution in [0.1, 0.15) is 55.5 Å². The first kappa shape index (κ1) is 16.7. The fraction of sp³-hybridized carbons (Fsp3) is 0.611. The Hall–Kier alpha value is -2.11. The topological polar surface area (TPSA) is 73.1 Å². The summed E-state index contributed by atoms with van der Waals surface area (Å²) in [4.78, 5) is 8.74. The van der Waals surface area contributed by atoms with Crippen LogP contribution in [0.4, 0.5) is 5.82 Å². The Morgan fingerprint density at radius 3 is 2.79 bits per heavy atom. The highest BCUT2D eigenvalue weighted by atomic mass is 16.5. The maximum Gasteiger partial charge on any atom is 0.234 e. The molecule has 130 valence electrons. The van der Waals surface area contributed by atoms with Crippen molar-refractivity contribution in [2.24, 2.45) is 0 Å². The van der Waals surface area contributed by atoms with Crippen LogP contribution in [0, 0.1) is 13.8 Å². The number of nitrogens with zero attached hydrogens (tertiary/aromatic N) is 3. The molecule has 0 amide bonds. The molecule has 0 aliphatic heterocycles. The molecule has 6 heteroatoms. The summed E-state index contributed by atoms with van der Waals surface area (Å²) in [6.45, 7) is 4.77. The highest BCUT2D eigenvalue weighted by Gasteiger charge is 2.15. The summed E-state index contributed by atoms with van der Waals surface area (Å²) in [5.74, 6) is 2.30. The number of anilines is 1. The minimum atomic E-state index is 0.294. The predicted octanol–water partition coefficient (Wildman–Crippen LogP) is 3.84. The molecule has 0 radical (unpaired) electrons. The zero-order chi connectivity index (χ0) is 16.8. The van der Waals surface area contributed by atoms with Gasteiger partial charge >= 0.3 is 0 Å². The molecule has 2 aromatic heterocycles. The third kappa shape index (κ3) is 4.46. The molecule has 0 unspecified atom stereocenters. The Labute approximate surface area is 143 Å². The maximum atomic E-state index is 5.96. The lowest BCUT2D eigenvalue weighted by Crippen LogP contribution is -2.20. The fourth-order valence-corrected chi connectivity index (χ4v) is 3.18. The Morgan fingerprint density at radius 2 is 2.04 bits per heavy atom. The van der Waals surface area contributed by atoms with Gasteiger partial charge in [0.1, 0.15) is 17.7 Å². The Kier molecular flexibility index (Phi) is 5.67. The van der Waals surface area contributed by atoms with E-state index in [9.17, 15) is 0 Å². The van der Waals surface area contributed by atoms with Crippen LogP contribution in [0.25, 0.3) is 0 Å². The molecule has 1 aliphatic rings. The van der Waals surface area contributed by atoms with Gasteiger partial charge < -0.3 is 14.6 Å². The summed E-state index contributed by atoms with van der Waals surface area (Å²) in [6.07, 6.45) is 11.7. The van der Waals surface area contributed by atoms with Crippen molar-refractivity contribution in [2.75, 3.05) is 11.9 Å². The van der Waals surface area contributed by atoms with Crippen LogP contribution in [0.3, 0.4) is 0 Å². The molecule has 1 aliphatic carbocycles. The van der Waals surface area contributed by atoms with E-state index in [2.05, 4.69) is 20.4 Å². The fourth-order valence-electron chi connectivity index (χ4n) is 3.18. The predicted molar refractivity (Wildman–Crippen MR) is 92.3 cm³/mol. The van der Waals surface area contributed by atoms with Crippen LogP contribution >= 0.6 is 0 Å². The minimum Gasteiger partial charge on any atom is -0.473 e. The zero-order valence-electron chi connectivity index (χ0n) is 14.5. The number of aromatic nitrogens is 3. The largest absolute Gasteiger partial charge is 0.473 e. The summed E-state index contributed by atoms with van der Waals surface area (Å²) in [6, 6.07) is 0. The standard InChI is InChI=1S/C18H26N4O2/c1-13-16(14(2)24-22-13)9-6-10-20-17-11-19-12-18(21-17)23-15-7-4-3-5-8-15/h11-12,15H,3-10H2,1-2H3,(H,20,21). The first-order valence-electron chi connectivity index (χ1n) is 8.86. The van der Waals surface area contributed by atoms with E-state index in [0.29, 0.717) is 12.0 Å². The molecule has 1 saturated carbocycles. The van der Waals surface area contributed by atoms with Gasteiger partial charge in [-0.25, -0.2) is 0 Å². The van der Waals surface area contributed by atoms with E-state index in [4.69, 9.17) is 9.26 Å². The van der Waals surface area contributed by atoms with E-state index in [1.165, 1.54) is 24.8 Å². The number of aryl methyl sites for hydroxylation is 2. The molecule has 6 nitrogen and oxygen atoms in total. The lowest BCUT2D eigenvalue weighted by Gasteiger charge is -2.22. The highest BCUT2D eigenvalue weighted by molar-refractivity contribution is 5.33. The number of rotatable bonds is 7. The van der Waals surface area contributed by atoms with E-state index in [1.54, 1.807) is 12.4 Å². The van der Waals surface area contributed by atoms with Crippen molar-refractivity contribution >= 4 is 5.82 Å². The second-order valence-corrected chi connectivity index (χ2v) is 6.45. The van der Waals surface area contributed by atoms with Crippen molar-refractivity contribution in [3.05, 3.63) is 29.4 Å². The van der Waals surface area contributed by atoms with E-state index in [-0.39, 0.29) is 0 Å². The Morgan fingerprint density at radius 1 is 1.21 bits per heavy atom.